The molecule has 4 aromatic carbocycles. The predicted octanol–water partition coefficient (Wildman–Crippen LogP) is 4.80. The molecular formula is C30H29N3O4S. The van der Waals surface area contributed by atoms with Gasteiger partial charge in [-0.05, 0) is 41.5 Å². The van der Waals surface area contributed by atoms with Crippen LogP contribution in [0.25, 0.3) is 6.08 Å². The monoisotopic (exact) mass is 527 g/mol. The molecule has 0 aliphatic rings. The Labute approximate surface area is 223 Å². The minimum atomic E-state index is -4.07. The van der Waals surface area contributed by atoms with Gasteiger partial charge in [-0.1, -0.05) is 91.0 Å². The summed E-state index contributed by atoms with van der Waals surface area (Å²) >= 11 is 0. The maximum absolute atomic E-state index is 13.6. The summed E-state index contributed by atoms with van der Waals surface area (Å²) in [5, 5.41) is 0. The molecule has 1 amide bonds. The fourth-order valence-corrected chi connectivity index (χ4v) is 5.33. The Balaban J connectivity index is 1.58. The maximum atomic E-state index is 13.6. The molecule has 0 unspecified atom stereocenters. The zero-order chi connectivity index (χ0) is 26.8. The van der Waals surface area contributed by atoms with E-state index in [1.54, 1.807) is 42.5 Å². The van der Waals surface area contributed by atoms with Crippen molar-refractivity contribution in [3.63, 3.8) is 0 Å². The molecule has 0 atom stereocenters. The van der Waals surface area contributed by atoms with Gasteiger partial charge in [0.2, 0.25) is 0 Å². The van der Waals surface area contributed by atoms with Crippen LogP contribution in [-0.4, -0.2) is 28.0 Å². The van der Waals surface area contributed by atoms with Gasteiger partial charge in [-0.2, -0.15) is 0 Å². The van der Waals surface area contributed by atoms with Crippen molar-refractivity contribution in [2.75, 3.05) is 18.0 Å². The maximum Gasteiger partial charge on any atom is 0.264 e. The Morgan fingerprint density at radius 2 is 1.37 bits per heavy atom. The normalized spacial score (nSPS) is 11.4. The molecule has 0 fully saturated rings. The Morgan fingerprint density at radius 1 is 0.789 bits per heavy atom. The van der Waals surface area contributed by atoms with Gasteiger partial charge in [0.25, 0.3) is 15.9 Å². The second kappa shape index (κ2) is 12.6. The molecule has 0 heterocycles. The van der Waals surface area contributed by atoms with E-state index in [0.717, 1.165) is 21.1 Å². The minimum Gasteiger partial charge on any atom is -0.495 e. The first kappa shape index (κ1) is 26.5. The van der Waals surface area contributed by atoms with Gasteiger partial charge in [-0.15, -0.1) is 0 Å². The van der Waals surface area contributed by atoms with Crippen LogP contribution in [0.1, 0.15) is 11.1 Å². The fourth-order valence-electron chi connectivity index (χ4n) is 3.87. The van der Waals surface area contributed by atoms with Crippen LogP contribution in [-0.2, 0) is 21.2 Å². The number of rotatable bonds is 11. The summed E-state index contributed by atoms with van der Waals surface area (Å²) in [4.78, 5) is 13.2. The molecule has 4 aromatic rings. The number of anilines is 1. The van der Waals surface area contributed by atoms with Gasteiger partial charge in [0, 0.05) is 12.1 Å². The molecule has 0 saturated carbocycles. The summed E-state index contributed by atoms with van der Waals surface area (Å²) in [5.41, 5.74) is 8.70. The lowest BCUT2D eigenvalue weighted by atomic mass is 10.1. The van der Waals surface area contributed by atoms with Crippen LogP contribution in [0.5, 0.6) is 5.75 Å². The van der Waals surface area contributed by atoms with E-state index in [0.29, 0.717) is 12.2 Å². The first-order valence-corrected chi connectivity index (χ1v) is 13.5. The number of hydrogen-bond donors (Lipinski definition) is 2. The first-order chi connectivity index (χ1) is 18.5. The van der Waals surface area contributed by atoms with E-state index in [-0.39, 0.29) is 10.6 Å². The first-order valence-electron chi connectivity index (χ1n) is 12.0. The summed E-state index contributed by atoms with van der Waals surface area (Å²) in [6.45, 7) is -0.464. The number of methoxy groups -OCH3 is 1. The number of hydrogen-bond acceptors (Lipinski definition) is 5. The van der Waals surface area contributed by atoms with Gasteiger partial charge in [-0.25, -0.2) is 8.42 Å². The largest absolute Gasteiger partial charge is 0.495 e. The van der Waals surface area contributed by atoms with Gasteiger partial charge >= 0.3 is 0 Å². The smallest absolute Gasteiger partial charge is 0.264 e. The highest BCUT2D eigenvalue weighted by Gasteiger charge is 2.29. The highest BCUT2D eigenvalue weighted by molar-refractivity contribution is 7.92. The summed E-state index contributed by atoms with van der Waals surface area (Å²) in [5.74, 6) is -0.205. The van der Waals surface area contributed by atoms with E-state index in [1.165, 1.54) is 19.2 Å². The molecule has 0 bridgehead atoms. The molecule has 0 aliphatic carbocycles. The number of sulfonamides is 1. The molecule has 0 saturated heterocycles. The Hall–Kier alpha value is -4.56. The number of ether oxygens (including phenoxy) is 1. The number of amides is 1. The fraction of sp³-hybridized carbons (Fsp3) is 0.100. The summed E-state index contributed by atoms with van der Waals surface area (Å²) < 4.78 is 33.7. The highest BCUT2D eigenvalue weighted by atomic mass is 32.2. The van der Waals surface area contributed by atoms with Crippen LogP contribution in [0.4, 0.5) is 5.69 Å². The lowest BCUT2D eigenvalue weighted by Gasteiger charge is -2.26. The standard InChI is InChI=1S/C30H29N3O4S/c1-37-29-20-12-11-19-28(29)33(38(35,36)27-17-9-4-10-18-27)23-30(34)32-31-26(21-24-13-5-2-6-14-24)22-25-15-7-3-8-16-25/h2-21,31H,22-23H2,1H3,(H,32,34)/b26-21+. The van der Waals surface area contributed by atoms with E-state index >= 15 is 0 Å². The molecule has 8 heteroatoms. The van der Waals surface area contributed by atoms with Crippen LogP contribution in [0.15, 0.2) is 126 Å². The number of carbonyl (C=O) groups is 1. The van der Waals surface area contributed by atoms with Gasteiger partial charge in [0.15, 0.2) is 0 Å². The summed E-state index contributed by atoms with van der Waals surface area (Å²) in [6.07, 6.45) is 2.47. The van der Waals surface area contributed by atoms with Crippen LogP contribution in [0.2, 0.25) is 0 Å². The van der Waals surface area contributed by atoms with E-state index in [2.05, 4.69) is 10.9 Å². The third-order valence-corrected chi connectivity index (χ3v) is 7.49. The molecule has 4 rings (SSSR count). The van der Waals surface area contributed by atoms with E-state index in [1.807, 2.05) is 66.7 Å². The molecule has 0 spiro atoms. The van der Waals surface area contributed by atoms with Gasteiger partial charge in [0.05, 0.1) is 17.7 Å². The third kappa shape index (κ3) is 6.80. The lowest BCUT2D eigenvalue weighted by molar-refractivity contribution is -0.120. The second-order valence-electron chi connectivity index (χ2n) is 8.41. The van der Waals surface area contributed by atoms with E-state index in [9.17, 15) is 13.2 Å². The zero-order valence-electron chi connectivity index (χ0n) is 20.9. The van der Waals surface area contributed by atoms with Crippen molar-refractivity contribution in [2.45, 2.75) is 11.3 Å². The lowest BCUT2D eigenvalue weighted by Crippen LogP contribution is -2.45. The zero-order valence-corrected chi connectivity index (χ0v) is 21.8. The average molecular weight is 528 g/mol. The van der Waals surface area contributed by atoms with E-state index in [4.69, 9.17) is 4.74 Å². The number of allylic oxidation sites excluding steroid dienone is 1. The average Bonchev–Trinajstić information content (AvgIpc) is 2.96. The van der Waals surface area contributed by atoms with Crippen molar-refractivity contribution in [2.24, 2.45) is 0 Å². The van der Waals surface area contributed by atoms with Crippen molar-refractivity contribution >= 4 is 27.7 Å². The topological polar surface area (TPSA) is 87.7 Å². The molecule has 7 nitrogen and oxygen atoms in total. The SMILES string of the molecule is COc1ccccc1N(CC(=O)NN/C(=C/c1ccccc1)Cc1ccccc1)S(=O)(=O)c1ccccc1. The van der Waals surface area contributed by atoms with Crippen molar-refractivity contribution in [3.05, 3.63) is 132 Å². The Bertz CT molecular complexity index is 1480. The van der Waals surface area contributed by atoms with Crippen molar-refractivity contribution in [1.82, 2.24) is 10.9 Å². The van der Waals surface area contributed by atoms with Crippen LogP contribution in [0.3, 0.4) is 0 Å². The Morgan fingerprint density at radius 3 is 2.03 bits per heavy atom. The van der Waals surface area contributed by atoms with Gasteiger partial charge in [0.1, 0.15) is 12.3 Å². The van der Waals surface area contributed by atoms with Crippen molar-refractivity contribution < 1.29 is 17.9 Å². The second-order valence-corrected chi connectivity index (χ2v) is 10.3. The Kier molecular flexibility index (Phi) is 8.79. The molecule has 0 aromatic heterocycles. The number of nitrogens with zero attached hydrogens (tertiary/aromatic N) is 1. The van der Waals surface area contributed by atoms with Gasteiger partial charge in [-0.3, -0.25) is 14.5 Å². The predicted molar refractivity (Wildman–Crippen MR) is 150 cm³/mol. The number of hydrazine groups is 1. The quantitative estimate of drug-likeness (QED) is 0.274. The summed E-state index contributed by atoms with van der Waals surface area (Å²) in [6, 6.07) is 34.3. The molecule has 38 heavy (non-hydrogen) atoms. The molecule has 0 aliphatic heterocycles. The van der Waals surface area contributed by atoms with Gasteiger partial charge < -0.3 is 10.2 Å². The van der Waals surface area contributed by atoms with Crippen LogP contribution < -0.4 is 19.9 Å². The van der Waals surface area contributed by atoms with Crippen molar-refractivity contribution in [1.29, 1.82) is 0 Å². The number of carbonyl (C=O) groups excluding carboxylic acids is 1. The molecule has 2 N–H and O–H groups in total. The minimum absolute atomic E-state index is 0.0698. The number of benzene rings is 4. The van der Waals surface area contributed by atoms with Crippen molar-refractivity contribution in [3.8, 4) is 5.75 Å². The number of para-hydroxylation sites is 2. The number of nitrogens with one attached hydrogen (secondary N) is 2. The molecule has 0 radical (unpaired) electrons. The van der Waals surface area contributed by atoms with Crippen LogP contribution in [0, 0.1) is 0 Å². The third-order valence-electron chi connectivity index (χ3n) is 5.71. The summed E-state index contributed by atoms with van der Waals surface area (Å²) in [7, 11) is -2.61. The molecule has 194 valence electrons. The van der Waals surface area contributed by atoms with E-state index < -0.39 is 22.5 Å². The highest BCUT2D eigenvalue weighted by Crippen LogP contribution is 2.32. The van der Waals surface area contributed by atoms with Crippen LogP contribution >= 0.6 is 0 Å². The molecular weight excluding hydrogens is 498 g/mol.